The third kappa shape index (κ3) is 2.07. The number of aromatic nitrogens is 5. The molecule has 0 bridgehead atoms. The molecule has 104 valence electrons. The first kappa shape index (κ1) is 12.5. The van der Waals surface area contributed by atoms with Gasteiger partial charge in [-0.25, -0.2) is 9.97 Å². The SMILES string of the molecule is CCc1nn(C)cc1Nc1nc(NC)cn2ccnc12. The van der Waals surface area contributed by atoms with E-state index < -0.39 is 0 Å². The van der Waals surface area contributed by atoms with Crippen molar-refractivity contribution in [2.75, 3.05) is 17.7 Å². The van der Waals surface area contributed by atoms with Gasteiger partial charge in [0.15, 0.2) is 11.5 Å². The quantitative estimate of drug-likeness (QED) is 0.757. The van der Waals surface area contributed by atoms with Crippen LogP contribution < -0.4 is 10.6 Å². The summed E-state index contributed by atoms with van der Waals surface area (Å²) in [6, 6.07) is 0. The molecule has 0 aliphatic heterocycles. The lowest BCUT2D eigenvalue weighted by Gasteiger charge is -2.08. The van der Waals surface area contributed by atoms with Gasteiger partial charge < -0.3 is 15.0 Å². The molecule has 0 amide bonds. The summed E-state index contributed by atoms with van der Waals surface area (Å²) in [6.07, 6.45) is 8.36. The van der Waals surface area contributed by atoms with Crippen LogP contribution in [0.25, 0.3) is 5.65 Å². The molecule has 2 N–H and O–H groups in total. The van der Waals surface area contributed by atoms with Crippen molar-refractivity contribution in [1.82, 2.24) is 24.1 Å². The number of anilines is 3. The fourth-order valence-corrected chi connectivity index (χ4v) is 2.16. The second kappa shape index (κ2) is 4.84. The third-order valence-electron chi connectivity index (χ3n) is 3.12. The first-order chi connectivity index (χ1) is 9.71. The van der Waals surface area contributed by atoms with Gasteiger partial charge in [0.2, 0.25) is 0 Å². The average molecular weight is 271 g/mol. The van der Waals surface area contributed by atoms with Gasteiger partial charge in [0.1, 0.15) is 5.82 Å². The zero-order valence-electron chi connectivity index (χ0n) is 11.8. The topological polar surface area (TPSA) is 72.1 Å². The third-order valence-corrected chi connectivity index (χ3v) is 3.12. The van der Waals surface area contributed by atoms with Crippen molar-refractivity contribution in [3.8, 4) is 0 Å². The number of fused-ring (bicyclic) bond motifs is 1. The number of nitrogens with zero attached hydrogens (tertiary/aromatic N) is 5. The lowest BCUT2D eigenvalue weighted by Crippen LogP contribution is -2.03. The standard InChI is InChI=1S/C13H17N7/c1-4-9-10(7-19(3)18-9)16-12-13-15-5-6-20(13)8-11(14-2)17-12/h5-8,14H,4H2,1-3H3,(H,16,17). The lowest BCUT2D eigenvalue weighted by atomic mass is 10.3. The Morgan fingerprint density at radius 2 is 2.15 bits per heavy atom. The van der Waals surface area contributed by atoms with E-state index in [1.54, 1.807) is 10.9 Å². The Kier molecular flexibility index (Phi) is 3.02. The number of rotatable bonds is 4. The maximum absolute atomic E-state index is 4.53. The molecule has 0 fully saturated rings. The molecule has 7 nitrogen and oxygen atoms in total. The predicted molar refractivity (Wildman–Crippen MR) is 78.4 cm³/mol. The number of hydrogen-bond donors (Lipinski definition) is 2. The minimum atomic E-state index is 0.713. The molecule has 0 atom stereocenters. The Bertz CT molecular complexity index is 740. The minimum Gasteiger partial charge on any atom is -0.372 e. The van der Waals surface area contributed by atoms with E-state index in [1.165, 1.54) is 0 Å². The molecular weight excluding hydrogens is 254 g/mol. The highest BCUT2D eigenvalue weighted by atomic mass is 15.3. The highest BCUT2D eigenvalue weighted by Crippen LogP contribution is 2.23. The van der Waals surface area contributed by atoms with Gasteiger partial charge in [0, 0.05) is 32.7 Å². The van der Waals surface area contributed by atoms with E-state index >= 15 is 0 Å². The van der Waals surface area contributed by atoms with Crippen LogP contribution in [-0.4, -0.2) is 31.2 Å². The maximum atomic E-state index is 4.53. The van der Waals surface area contributed by atoms with E-state index in [2.05, 4.69) is 32.6 Å². The van der Waals surface area contributed by atoms with Crippen LogP contribution in [0.15, 0.2) is 24.8 Å². The Morgan fingerprint density at radius 3 is 2.90 bits per heavy atom. The molecule has 0 saturated carbocycles. The van der Waals surface area contributed by atoms with Gasteiger partial charge >= 0.3 is 0 Å². The molecule has 7 heteroatoms. The maximum Gasteiger partial charge on any atom is 0.180 e. The Morgan fingerprint density at radius 1 is 1.30 bits per heavy atom. The van der Waals surface area contributed by atoms with Crippen molar-refractivity contribution >= 4 is 23.0 Å². The Labute approximate surface area is 116 Å². The van der Waals surface area contributed by atoms with Crippen molar-refractivity contribution in [2.24, 2.45) is 7.05 Å². The molecule has 0 aliphatic carbocycles. The summed E-state index contributed by atoms with van der Waals surface area (Å²) in [5.41, 5.74) is 2.75. The van der Waals surface area contributed by atoms with Gasteiger partial charge in [-0.1, -0.05) is 6.92 Å². The number of nitrogens with one attached hydrogen (secondary N) is 2. The van der Waals surface area contributed by atoms with E-state index in [9.17, 15) is 0 Å². The number of imidazole rings is 1. The van der Waals surface area contributed by atoms with E-state index in [-0.39, 0.29) is 0 Å². The summed E-state index contributed by atoms with van der Waals surface area (Å²) in [6.45, 7) is 2.08. The largest absolute Gasteiger partial charge is 0.372 e. The molecule has 0 unspecified atom stereocenters. The molecule has 0 aromatic carbocycles. The van der Waals surface area contributed by atoms with Crippen LogP contribution in [0, 0.1) is 0 Å². The molecule has 3 rings (SSSR count). The second-order valence-electron chi connectivity index (χ2n) is 4.52. The first-order valence-electron chi connectivity index (χ1n) is 6.52. The van der Waals surface area contributed by atoms with Crippen LogP contribution in [0.4, 0.5) is 17.3 Å². The van der Waals surface area contributed by atoms with Crippen LogP contribution in [0.3, 0.4) is 0 Å². The van der Waals surface area contributed by atoms with Gasteiger partial charge in [0.05, 0.1) is 17.6 Å². The Hall–Kier alpha value is -2.57. The van der Waals surface area contributed by atoms with Crippen LogP contribution in [-0.2, 0) is 13.5 Å². The van der Waals surface area contributed by atoms with Crippen LogP contribution in [0.2, 0.25) is 0 Å². The van der Waals surface area contributed by atoms with Crippen molar-refractivity contribution in [3.63, 3.8) is 0 Å². The van der Waals surface area contributed by atoms with Crippen molar-refractivity contribution in [2.45, 2.75) is 13.3 Å². The zero-order valence-corrected chi connectivity index (χ0v) is 11.8. The highest BCUT2D eigenvalue weighted by Gasteiger charge is 2.11. The van der Waals surface area contributed by atoms with Gasteiger partial charge in [-0.3, -0.25) is 4.68 Å². The molecule has 3 aromatic rings. The summed E-state index contributed by atoms with van der Waals surface area (Å²) in [5.74, 6) is 1.49. The summed E-state index contributed by atoms with van der Waals surface area (Å²) in [7, 11) is 3.75. The van der Waals surface area contributed by atoms with Crippen LogP contribution in [0.5, 0.6) is 0 Å². The smallest absolute Gasteiger partial charge is 0.180 e. The number of hydrogen-bond acceptors (Lipinski definition) is 5. The first-order valence-corrected chi connectivity index (χ1v) is 6.52. The van der Waals surface area contributed by atoms with Crippen molar-refractivity contribution < 1.29 is 0 Å². The molecular formula is C13H17N7. The van der Waals surface area contributed by atoms with Gasteiger partial charge in [-0.15, -0.1) is 0 Å². The average Bonchev–Trinajstić information content (AvgIpc) is 3.04. The van der Waals surface area contributed by atoms with Crippen LogP contribution in [0.1, 0.15) is 12.6 Å². The normalized spacial score (nSPS) is 10.9. The van der Waals surface area contributed by atoms with Crippen molar-refractivity contribution in [3.05, 3.63) is 30.5 Å². The molecule has 0 radical (unpaired) electrons. The van der Waals surface area contributed by atoms with Crippen molar-refractivity contribution in [1.29, 1.82) is 0 Å². The zero-order chi connectivity index (χ0) is 14.1. The summed E-state index contributed by atoms with van der Waals surface area (Å²) >= 11 is 0. The van der Waals surface area contributed by atoms with Crippen LogP contribution >= 0.6 is 0 Å². The highest BCUT2D eigenvalue weighted by molar-refractivity contribution is 5.72. The molecule has 0 saturated heterocycles. The fraction of sp³-hybridized carbons (Fsp3) is 0.308. The summed E-state index contributed by atoms with van der Waals surface area (Å²) in [5, 5.41) is 10.8. The van der Waals surface area contributed by atoms with E-state index in [0.29, 0.717) is 5.82 Å². The second-order valence-corrected chi connectivity index (χ2v) is 4.52. The predicted octanol–water partition coefficient (Wildman–Crippen LogP) is 1.81. The Balaban J connectivity index is 2.07. The van der Waals surface area contributed by atoms with E-state index in [0.717, 1.165) is 29.3 Å². The summed E-state index contributed by atoms with van der Waals surface area (Å²) in [4.78, 5) is 8.86. The monoisotopic (exact) mass is 271 g/mol. The van der Waals surface area contributed by atoms with Gasteiger partial charge in [-0.05, 0) is 6.42 Å². The van der Waals surface area contributed by atoms with Gasteiger partial charge in [0.25, 0.3) is 0 Å². The minimum absolute atomic E-state index is 0.713. The van der Waals surface area contributed by atoms with E-state index in [1.807, 2.05) is 37.1 Å². The molecule has 20 heavy (non-hydrogen) atoms. The lowest BCUT2D eigenvalue weighted by molar-refractivity contribution is 0.746. The summed E-state index contributed by atoms with van der Waals surface area (Å²) < 4.78 is 3.73. The molecule has 3 aromatic heterocycles. The number of aryl methyl sites for hydroxylation is 2. The van der Waals surface area contributed by atoms with Gasteiger partial charge in [-0.2, -0.15) is 5.10 Å². The molecule has 3 heterocycles. The van der Waals surface area contributed by atoms with E-state index in [4.69, 9.17) is 0 Å². The molecule has 0 aliphatic rings. The fourth-order valence-electron chi connectivity index (χ4n) is 2.16. The molecule has 0 spiro atoms.